The molecule has 2 aromatic carbocycles. The Morgan fingerprint density at radius 3 is 2.42 bits per heavy atom. The summed E-state index contributed by atoms with van der Waals surface area (Å²) in [5, 5.41) is 21.0. The zero-order chi connectivity index (χ0) is 19.3. The lowest BCUT2D eigenvalue weighted by atomic mass is 10.1. The molecule has 6 nitrogen and oxygen atoms in total. The molecule has 2 aromatic rings. The highest BCUT2D eigenvalue weighted by molar-refractivity contribution is 5.82. The van der Waals surface area contributed by atoms with E-state index in [2.05, 4.69) is 5.32 Å². The maximum absolute atomic E-state index is 14.2. The molecule has 0 saturated carbocycles. The van der Waals surface area contributed by atoms with Crippen molar-refractivity contribution in [3.63, 3.8) is 0 Å². The summed E-state index contributed by atoms with van der Waals surface area (Å²) in [5.74, 6) is -2.96. The number of benzene rings is 2. The highest BCUT2D eigenvalue weighted by atomic mass is 19.1. The smallest absolute Gasteiger partial charge is 0.254 e. The molecule has 0 spiro atoms. The number of hydrogen-bond acceptors (Lipinski definition) is 5. The van der Waals surface area contributed by atoms with Gasteiger partial charge in [0.1, 0.15) is 23.1 Å². The fourth-order valence-corrected chi connectivity index (χ4v) is 2.34. The molecule has 0 radical (unpaired) electrons. The van der Waals surface area contributed by atoms with Gasteiger partial charge in [-0.15, -0.1) is 0 Å². The number of aromatic hydroxyl groups is 1. The molecule has 0 aliphatic carbocycles. The van der Waals surface area contributed by atoms with Crippen molar-refractivity contribution in [1.29, 1.82) is 5.26 Å². The third-order valence-electron chi connectivity index (χ3n) is 3.69. The minimum Gasteiger partial charge on any atom is -0.508 e. The number of phenolic OH excluding ortho intramolecular Hbond substituents is 1. The second kappa shape index (κ2) is 8.27. The number of nitriles is 1. The first-order valence-electron chi connectivity index (χ1n) is 7.46. The second-order valence-electron chi connectivity index (χ2n) is 5.29. The van der Waals surface area contributed by atoms with E-state index in [4.69, 9.17) is 14.7 Å². The minimum absolute atomic E-state index is 0.0264. The molecule has 2 rings (SSSR count). The van der Waals surface area contributed by atoms with Crippen LogP contribution in [-0.4, -0.2) is 25.2 Å². The Bertz CT molecular complexity index is 842. The Kier molecular flexibility index (Phi) is 6.09. The molecule has 0 aromatic heterocycles. The Labute approximate surface area is 148 Å². The van der Waals surface area contributed by atoms with E-state index in [0.717, 1.165) is 19.2 Å². The number of halogens is 2. The lowest BCUT2D eigenvalue weighted by Gasteiger charge is -2.18. The Morgan fingerprint density at radius 2 is 1.92 bits per heavy atom. The van der Waals surface area contributed by atoms with Gasteiger partial charge in [0.15, 0.2) is 6.10 Å². The first-order chi connectivity index (χ1) is 12.4. The lowest BCUT2D eigenvalue weighted by Crippen LogP contribution is -2.31. The van der Waals surface area contributed by atoms with E-state index in [0.29, 0.717) is 5.56 Å². The lowest BCUT2D eigenvalue weighted by molar-refractivity contribution is -0.131. The topological polar surface area (TPSA) is 91.6 Å². The highest BCUT2D eigenvalue weighted by Gasteiger charge is 2.27. The van der Waals surface area contributed by atoms with E-state index in [-0.39, 0.29) is 23.6 Å². The number of methoxy groups -OCH3 is 2. The van der Waals surface area contributed by atoms with E-state index >= 15 is 0 Å². The standard InChI is InChI=1S/C18H16F2N2O4/c1-25-12-6-13(19)16(14(20)7-12)17(26-2)18(24)22-9-11-4-3-10(8-21)5-15(11)23/h3-7,17,23H,9H2,1-2H3,(H,22,24)/t17-/m0/s1. The van der Waals surface area contributed by atoms with Crippen LogP contribution in [0.4, 0.5) is 8.78 Å². The van der Waals surface area contributed by atoms with Gasteiger partial charge in [0.05, 0.1) is 24.3 Å². The molecule has 0 bridgehead atoms. The summed E-state index contributed by atoms with van der Waals surface area (Å²) in [7, 11) is 2.41. The van der Waals surface area contributed by atoms with Gasteiger partial charge in [-0.05, 0) is 12.1 Å². The number of hydrogen-bond donors (Lipinski definition) is 2. The fourth-order valence-electron chi connectivity index (χ4n) is 2.34. The Balaban J connectivity index is 2.19. The summed E-state index contributed by atoms with van der Waals surface area (Å²) in [4.78, 5) is 12.3. The maximum atomic E-state index is 14.2. The Morgan fingerprint density at radius 1 is 1.27 bits per heavy atom. The van der Waals surface area contributed by atoms with Crippen molar-refractivity contribution in [2.45, 2.75) is 12.6 Å². The summed E-state index contributed by atoms with van der Waals surface area (Å²) in [6.45, 7) is -0.115. The minimum atomic E-state index is -1.53. The predicted molar refractivity (Wildman–Crippen MR) is 87.3 cm³/mol. The second-order valence-corrected chi connectivity index (χ2v) is 5.29. The normalized spacial score (nSPS) is 11.5. The van der Waals surface area contributed by atoms with Gasteiger partial charge in [-0.3, -0.25) is 4.79 Å². The molecule has 0 aliphatic rings. The average molecular weight is 362 g/mol. The van der Waals surface area contributed by atoms with Gasteiger partial charge >= 0.3 is 0 Å². The molecule has 0 heterocycles. The number of nitrogens with zero attached hydrogens (tertiary/aromatic N) is 1. The average Bonchev–Trinajstić information content (AvgIpc) is 2.62. The summed E-state index contributed by atoms with van der Waals surface area (Å²) < 4.78 is 38.0. The molecule has 0 unspecified atom stereocenters. The van der Waals surface area contributed by atoms with Crippen LogP contribution in [0.2, 0.25) is 0 Å². The van der Waals surface area contributed by atoms with Crippen molar-refractivity contribution < 1.29 is 28.2 Å². The number of amides is 1. The van der Waals surface area contributed by atoms with E-state index in [1.54, 1.807) is 0 Å². The van der Waals surface area contributed by atoms with Crippen molar-refractivity contribution in [2.24, 2.45) is 0 Å². The van der Waals surface area contributed by atoms with E-state index in [1.807, 2.05) is 6.07 Å². The number of rotatable bonds is 6. The van der Waals surface area contributed by atoms with E-state index < -0.39 is 29.2 Å². The van der Waals surface area contributed by atoms with Crippen molar-refractivity contribution >= 4 is 5.91 Å². The molecular formula is C18H16F2N2O4. The van der Waals surface area contributed by atoms with Crippen LogP contribution in [0.15, 0.2) is 30.3 Å². The molecule has 0 saturated heterocycles. The van der Waals surface area contributed by atoms with Gasteiger partial charge in [0.25, 0.3) is 5.91 Å². The van der Waals surface area contributed by atoms with Gasteiger partial charge < -0.3 is 19.9 Å². The summed E-state index contributed by atoms with van der Waals surface area (Å²) in [6, 6.07) is 7.95. The van der Waals surface area contributed by atoms with E-state index in [9.17, 15) is 18.7 Å². The maximum Gasteiger partial charge on any atom is 0.254 e. The molecular weight excluding hydrogens is 346 g/mol. The number of carbonyl (C=O) groups excluding carboxylic acids is 1. The monoisotopic (exact) mass is 362 g/mol. The van der Waals surface area contributed by atoms with Crippen LogP contribution in [0.1, 0.15) is 22.8 Å². The molecule has 0 aliphatic heterocycles. The largest absolute Gasteiger partial charge is 0.508 e. The van der Waals surface area contributed by atoms with Gasteiger partial charge in [0.2, 0.25) is 0 Å². The van der Waals surface area contributed by atoms with Crippen LogP contribution < -0.4 is 10.1 Å². The first kappa shape index (κ1) is 19.1. The summed E-state index contributed by atoms with van der Waals surface area (Å²) >= 11 is 0. The van der Waals surface area contributed by atoms with Crippen molar-refractivity contribution in [3.05, 3.63) is 58.7 Å². The zero-order valence-corrected chi connectivity index (χ0v) is 14.0. The van der Waals surface area contributed by atoms with Crippen molar-refractivity contribution in [2.75, 3.05) is 14.2 Å². The molecule has 1 atom stereocenters. The van der Waals surface area contributed by atoms with Crippen LogP contribution in [0.5, 0.6) is 11.5 Å². The van der Waals surface area contributed by atoms with Crippen LogP contribution in [0, 0.1) is 23.0 Å². The van der Waals surface area contributed by atoms with Gasteiger partial charge in [0, 0.05) is 31.4 Å². The number of nitrogens with one attached hydrogen (secondary N) is 1. The number of ether oxygens (including phenoxy) is 2. The predicted octanol–water partition coefficient (Wildman–Crippen LogP) is 2.55. The number of phenols is 1. The van der Waals surface area contributed by atoms with Crippen LogP contribution in [-0.2, 0) is 16.1 Å². The van der Waals surface area contributed by atoms with Crippen molar-refractivity contribution in [1.82, 2.24) is 5.32 Å². The molecule has 26 heavy (non-hydrogen) atoms. The molecule has 136 valence electrons. The van der Waals surface area contributed by atoms with Crippen LogP contribution in [0.3, 0.4) is 0 Å². The third-order valence-corrected chi connectivity index (χ3v) is 3.69. The fraction of sp³-hybridized carbons (Fsp3) is 0.222. The van der Waals surface area contributed by atoms with Gasteiger partial charge in [-0.1, -0.05) is 6.07 Å². The molecule has 0 fully saturated rings. The van der Waals surface area contributed by atoms with Crippen molar-refractivity contribution in [3.8, 4) is 17.6 Å². The summed E-state index contributed by atoms with van der Waals surface area (Å²) in [5.41, 5.74) is 0.0486. The van der Waals surface area contributed by atoms with Crippen LogP contribution >= 0.6 is 0 Å². The van der Waals surface area contributed by atoms with Crippen LogP contribution in [0.25, 0.3) is 0 Å². The third kappa shape index (κ3) is 4.07. The van der Waals surface area contributed by atoms with Gasteiger partial charge in [-0.25, -0.2) is 8.78 Å². The number of carbonyl (C=O) groups is 1. The molecule has 8 heteroatoms. The summed E-state index contributed by atoms with van der Waals surface area (Å²) in [6.07, 6.45) is -1.53. The zero-order valence-electron chi connectivity index (χ0n) is 14.0. The first-order valence-corrected chi connectivity index (χ1v) is 7.46. The van der Waals surface area contributed by atoms with Gasteiger partial charge in [-0.2, -0.15) is 5.26 Å². The Hall–Kier alpha value is -3.18. The van der Waals surface area contributed by atoms with E-state index in [1.165, 1.54) is 25.3 Å². The highest BCUT2D eigenvalue weighted by Crippen LogP contribution is 2.28. The molecule has 2 N–H and O–H groups in total. The quantitative estimate of drug-likeness (QED) is 0.824. The molecule has 1 amide bonds. The SMILES string of the molecule is COc1cc(F)c([C@H](OC)C(=O)NCc2ccc(C#N)cc2O)c(F)c1.